The first-order valence-electron chi connectivity index (χ1n) is 5.89. The molecule has 0 saturated carbocycles. The number of carboxylic acid groups (broad SMARTS) is 1. The van der Waals surface area contributed by atoms with Gasteiger partial charge in [0.15, 0.2) is 0 Å². The fourth-order valence-corrected chi connectivity index (χ4v) is 2.58. The molecule has 0 aromatic heterocycles. The predicted molar refractivity (Wildman–Crippen MR) is 69.7 cm³/mol. The van der Waals surface area contributed by atoms with Gasteiger partial charge in [0.05, 0.1) is 9.82 Å². The molecule has 1 aromatic rings. The molecule has 0 fully saturated rings. The summed E-state index contributed by atoms with van der Waals surface area (Å²) in [5.74, 6) is -2.22. The van der Waals surface area contributed by atoms with Gasteiger partial charge < -0.3 is 5.11 Å². The lowest BCUT2D eigenvalue weighted by atomic mass is 10.2. The van der Waals surface area contributed by atoms with Crippen molar-refractivity contribution in [1.29, 1.82) is 0 Å². The van der Waals surface area contributed by atoms with Crippen LogP contribution >= 0.6 is 0 Å². The maximum absolute atomic E-state index is 13.4. The SMILES string of the molecule is O=C(O)CCCCNS(=O)(=O)c1ccc([N+](=O)[O-])c(F)c1. The molecular formula is C11H13FN2O6S. The van der Waals surface area contributed by atoms with E-state index in [4.69, 9.17) is 5.11 Å². The number of benzene rings is 1. The fourth-order valence-electron chi connectivity index (χ4n) is 1.49. The third-order valence-electron chi connectivity index (χ3n) is 2.54. The minimum absolute atomic E-state index is 0.00573. The molecule has 1 rings (SSSR count). The largest absolute Gasteiger partial charge is 0.481 e. The summed E-state index contributed by atoms with van der Waals surface area (Å²) in [7, 11) is -3.99. The highest BCUT2D eigenvalue weighted by molar-refractivity contribution is 7.89. The maximum atomic E-state index is 13.4. The van der Waals surface area contributed by atoms with E-state index >= 15 is 0 Å². The van der Waals surface area contributed by atoms with Crippen molar-refractivity contribution in [2.45, 2.75) is 24.2 Å². The third-order valence-corrected chi connectivity index (χ3v) is 3.99. The Morgan fingerprint density at radius 1 is 1.38 bits per heavy atom. The average molecular weight is 320 g/mol. The summed E-state index contributed by atoms with van der Waals surface area (Å²) in [6.45, 7) is -0.00573. The average Bonchev–Trinajstić information content (AvgIpc) is 2.37. The van der Waals surface area contributed by atoms with Crippen LogP contribution in [-0.2, 0) is 14.8 Å². The van der Waals surface area contributed by atoms with Crippen LogP contribution in [0.15, 0.2) is 23.1 Å². The lowest BCUT2D eigenvalue weighted by Gasteiger charge is -2.06. The van der Waals surface area contributed by atoms with Crippen molar-refractivity contribution in [2.24, 2.45) is 0 Å². The lowest BCUT2D eigenvalue weighted by molar-refractivity contribution is -0.387. The molecule has 0 radical (unpaired) electrons. The van der Waals surface area contributed by atoms with Crippen molar-refractivity contribution in [3.63, 3.8) is 0 Å². The summed E-state index contributed by atoms with van der Waals surface area (Å²) in [6.07, 6.45) is 0.529. The number of hydrogen-bond donors (Lipinski definition) is 2. The van der Waals surface area contributed by atoms with E-state index in [0.717, 1.165) is 12.1 Å². The molecule has 116 valence electrons. The normalized spacial score (nSPS) is 11.3. The molecule has 0 aliphatic heterocycles. The highest BCUT2D eigenvalue weighted by atomic mass is 32.2. The van der Waals surface area contributed by atoms with Crippen molar-refractivity contribution in [3.05, 3.63) is 34.1 Å². The summed E-state index contributed by atoms with van der Waals surface area (Å²) in [5, 5.41) is 18.9. The number of carbonyl (C=O) groups is 1. The predicted octanol–water partition coefficient (Wildman–Crippen LogP) is 1.27. The van der Waals surface area contributed by atoms with Gasteiger partial charge >= 0.3 is 11.7 Å². The van der Waals surface area contributed by atoms with Gasteiger partial charge in [-0.25, -0.2) is 13.1 Å². The number of nitrogens with one attached hydrogen (secondary N) is 1. The Hall–Kier alpha value is -2.07. The Balaban J connectivity index is 2.68. The van der Waals surface area contributed by atoms with E-state index in [0.29, 0.717) is 18.9 Å². The number of nitro groups is 1. The number of nitro benzene ring substituents is 1. The molecule has 1 aromatic carbocycles. The number of unbranched alkanes of at least 4 members (excludes halogenated alkanes) is 1. The molecule has 0 saturated heterocycles. The Kier molecular flexibility index (Phi) is 5.73. The Bertz CT molecular complexity index is 646. The zero-order valence-electron chi connectivity index (χ0n) is 10.8. The quantitative estimate of drug-likeness (QED) is 0.422. The van der Waals surface area contributed by atoms with Gasteiger partial charge in [-0.05, 0) is 18.9 Å². The molecule has 0 bridgehead atoms. The molecule has 0 amide bonds. The smallest absolute Gasteiger partial charge is 0.304 e. The number of nitrogens with zero attached hydrogens (tertiary/aromatic N) is 1. The molecule has 0 aliphatic carbocycles. The van der Waals surface area contributed by atoms with Gasteiger partial charge in [0.2, 0.25) is 15.8 Å². The molecule has 0 spiro atoms. The zero-order chi connectivity index (χ0) is 16.0. The first-order chi connectivity index (χ1) is 9.74. The summed E-state index contributed by atoms with van der Waals surface area (Å²) in [4.78, 5) is 19.3. The van der Waals surface area contributed by atoms with E-state index in [1.807, 2.05) is 0 Å². The van der Waals surface area contributed by atoms with Crippen LogP contribution in [0, 0.1) is 15.9 Å². The molecule has 21 heavy (non-hydrogen) atoms. The second kappa shape index (κ2) is 7.09. The number of aliphatic carboxylic acids is 1. The van der Waals surface area contributed by atoms with E-state index in [1.165, 1.54) is 0 Å². The lowest BCUT2D eigenvalue weighted by Crippen LogP contribution is -2.25. The molecule has 10 heteroatoms. The van der Waals surface area contributed by atoms with Gasteiger partial charge in [-0.2, -0.15) is 4.39 Å². The van der Waals surface area contributed by atoms with Crippen molar-refractivity contribution in [2.75, 3.05) is 6.54 Å². The Morgan fingerprint density at radius 3 is 2.57 bits per heavy atom. The Labute approximate surface area is 119 Å². The monoisotopic (exact) mass is 320 g/mol. The van der Waals surface area contributed by atoms with E-state index in [2.05, 4.69) is 4.72 Å². The number of rotatable bonds is 8. The van der Waals surface area contributed by atoms with Crippen molar-refractivity contribution >= 4 is 21.7 Å². The second-order valence-electron chi connectivity index (χ2n) is 4.12. The molecule has 0 aliphatic rings. The number of halogens is 1. The fraction of sp³-hybridized carbons (Fsp3) is 0.364. The van der Waals surface area contributed by atoms with Crippen LogP contribution in [0.2, 0.25) is 0 Å². The molecule has 0 heterocycles. The van der Waals surface area contributed by atoms with E-state index in [9.17, 15) is 27.7 Å². The topological polar surface area (TPSA) is 127 Å². The molecule has 0 unspecified atom stereocenters. The van der Waals surface area contributed by atoms with Crippen molar-refractivity contribution in [3.8, 4) is 0 Å². The van der Waals surface area contributed by atoms with Gasteiger partial charge in [-0.1, -0.05) is 0 Å². The van der Waals surface area contributed by atoms with Gasteiger partial charge in [-0.15, -0.1) is 0 Å². The van der Waals surface area contributed by atoms with Crippen molar-refractivity contribution < 1.29 is 27.6 Å². The molecule has 8 nitrogen and oxygen atoms in total. The van der Waals surface area contributed by atoms with Gasteiger partial charge in [0, 0.05) is 25.1 Å². The molecular weight excluding hydrogens is 307 g/mol. The summed E-state index contributed by atoms with van der Waals surface area (Å²) < 4.78 is 39.1. The zero-order valence-corrected chi connectivity index (χ0v) is 11.6. The second-order valence-corrected chi connectivity index (χ2v) is 5.89. The van der Waals surface area contributed by atoms with E-state index in [-0.39, 0.29) is 13.0 Å². The van der Waals surface area contributed by atoms with Crippen LogP contribution in [0.1, 0.15) is 19.3 Å². The Morgan fingerprint density at radius 2 is 2.05 bits per heavy atom. The minimum Gasteiger partial charge on any atom is -0.481 e. The van der Waals surface area contributed by atoms with Gasteiger partial charge in [0.25, 0.3) is 0 Å². The maximum Gasteiger partial charge on any atom is 0.304 e. The molecule has 0 atom stereocenters. The van der Waals surface area contributed by atoms with Crippen LogP contribution in [0.3, 0.4) is 0 Å². The highest BCUT2D eigenvalue weighted by Gasteiger charge is 2.20. The summed E-state index contributed by atoms with van der Waals surface area (Å²) in [6, 6.07) is 2.27. The van der Waals surface area contributed by atoms with E-state index in [1.54, 1.807) is 0 Å². The van der Waals surface area contributed by atoms with Crippen LogP contribution in [0.25, 0.3) is 0 Å². The minimum atomic E-state index is -3.99. The van der Waals surface area contributed by atoms with Crippen LogP contribution in [0.4, 0.5) is 10.1 Å². The number of hydrogen-bond acceptors (Lipinski definition) is 5. The number of carboxylic acids is 1. The van der Waals surface area contributed by atoms with E-state index < -0.39 is 37.3 Å². The van der Waals surface area contributed by atoms with Crippen molar-refractivity contribution in [1.82, 2.24) is 4.72 Å². The molecule has 2 N–H and O–H groups in total. The summed E-state index contributed by atoms with van der Waals surface area (Å²) in [5.41, 5.74) is -0.810. The van der Waals surface area contributed by atoms with Crippen LogP contribution < -0.4 is 4.72 Å². The highest BCUT2D eigenvalue weighted by Crippen LogP contribution is 2.20. The first kappa shape index (κ1) is 17.0. The van der Waals surface area contributed by atoms with Crippen LogP contribution in [0.5, 0.6) is 0 Å². The van der Waals surface area contributed by atoms with Gasteiger partial charge in [-0.3, -0.25) is 14.9 Å². The third kappa shape index (κ3) is 5.08. The first-order valence-corrected chi connectivity index (χ1v) is 7.38. The standard InChI is InChI=1S/C11H13FN2O6S/c12-9-7-8(4-5-10(9)14(17)18)21(19,20)13-6-2-1-3-11(15)16/h4-5,7,13H,1-3,6H2,(H,15,16). The number of sulfonamides is 1. The van der Waals surface area contributed by atoms with Gasteiger partial charge in [0.1, 0.15) is 0 Å². The van der Waals surface area contributed by atoms with Crippen LogP contribution in [-0.4, -0.2) is 31.0 Å². The summed E-state index contributed by atoms with van der Waals surface area (Å²) >= 11 is 0.